The first kappa shape index (κ1) is 23.8. The lowest BCUT2D eigenvalue weighted by Gasteiger charge is -2.21. The number of carbonyl (C=O) groups excluding carboxylic acids is 2. The number of esters is 1. The fourth-order valence-electron chi connectivity index (χ4n) is 3.14. The number of nitrogens with two attached hydrogens (primary N) is 1. The summed E-state index contributed by atoms with van der Waals surface area (Å²) in [5, 5.41) is 2.37. The fraction of sp³-hybridized carbons (Fsp3) is 0.167. The Balaban J connectivity index is 1.78. The van der Waals surface area contributed by atoms with Crippen molar-refractivity contribution in [1.29, 1.82) is 0 Å². The number of sulfonamides is 1. The molecule has 0 fully saturated rings. The van der Waals surface area contributed by atoms with E-state index in [0.717, 1.165) is 15.4 Å². The van der Waals surface area contributed by atoms with Crippen LogP contribution in [0, 0.1) is 13.8 Å². The van der Waals surface area contributed by atoms with Crippen LogP contribution in [-0.2, 0) is 14.8 Å². The van der Waals surface area contributed by atoms with Crippen LogP contribution in [0.1, 0.15) is 22.7 Å². The van der Waals surface area contributed by atoms with E-state index in [4.69, 9.17) is 10.5 Å². The van der Waals surface area contributed by atoms with Gasteiger partial charge in [-0.1, -0.05) is 36.4 Å². The zero-order valence-corrected chi connectivity index (χ0v) is 19.3. The van der Waals surface area contributed by atoms with Crippen LogP contribution in [0.2, 0.25) is 0 Å². The van der Waals surface area contributed by atoms with Gasteiger partial charge in [0.05, 0.1) is 10.6 Å². The second kappa shape index (κ2) is 9.74. The number of aryl methyl sites for hydroxylation is 2. The fourth-order valence-corrected chi connectivity index (χ4v) is 4.42. The molecule has 0 spiro atoms. The third kappa shape index (κ3) is 5.50. The zero-order chi connectivity index (χ0) is 24.2. The lowest BCUT2D eigenvalue weighted by atomic mass is 10.1. The summed E-state index contributed by atoms with van der Waals surface area (Å²) in [5.74, 6) is -0.545. The number of primary amides is 1. The standard InChI is InChI=1S/C24H25N3O5S/c1-16-9-14-21(15-17(16)2)33(30,31)27(3)19-10-12-20(13-11-19)32-23(28)22(26-24(25)29)18-7-5-4-6-8-18/h4-15,22H,1-3H3,(H3,25,26,29). The van der Waals surface area contributed by atoms with E-state index in [1.165, 1.54) is 31.3 Å². The van der Waals surface area contributed by atoms with Gasteiger partial charge in [-0.05, 0) is 66.9 Å². The highest BCUT2D eigenvalue weighted by Gasteiger charge is 2.25. The predicted octanol–water partition coefficient (Wildman–Crippen LogP) is 3.44. The molecular formula is C24H25N3O5S. The summed E-state index contributed by atoms with van der Waals surface area (Å²) >= 11 is 0. The van der Waals surface area contributed by atoms with Crippen molar-refractivity contribution >= 4 is 27.7 Å². The summed E-state index contributed by atoms with van der Waals surface area (Å²) in [6.07, 6.45) is 0. The van der Waals surface area contributed by atoms with Crippen LogP contribution in [0.4, 0.5) is 10.5 Å². The summed E-state index contributed by atoms with van der Waals surface area (Å²) in [5.41, 5.74) is 7.99. The van der Waals surface area contributed by atoms with Crippen molar-refractivity contribution in [2.45, 2.75) is 24.8 Å². The van der Waals surface area contributed by atoms with Crippen LogP contribution in [0.15, 0.2) is 77.7 Å². The maximum Gasteiger partial charge on any atom is 0.338 e. The zero-order valence-electron chi connectivity index (χ0n) is 18.5. The number of nitrogens with one attached hydrogen (secondary N) is 1. The van der Waals surface area contributed by atoms with Crippen molar-refractivity contribution in [3.8, 4) is 5.75 Å². The predicted molar refractivity (Wildman–Crippen MR) is 125 cm³/mol. The van der Waals surface area contributed by atoms with E-state index in [1.54, 1.807) is 48.5 Å². The summed E-state index contributed by atoms with van der Waals surface area (Å²) in [4.78, 5) is 24.2. The van der Waals surface area contributed by atoms with Crippen LogP contribution in [-0.4, -0.2) is 27.5 Å². The lowest BCUT2D eigenvalue weighted by molar-refractivity contribution is -0.136. The Morgan fingerprint density at radius 3 is 2.15 bits per heavy atom. The highest BCUT2D eigenvalue weighted by molar-refractivity contribution is 7.92. The Labute approximate surface area is 193 Å². The highest BCUT2D eigenvalue weighted by atomic mass is 32.2. The monoisotopic (exact) mass is 467 g/mol. The molecule has 3 N–H and O–H groups in total. The summed E-state index contributed by atoms with van der Waals surface area (Å²) in [6, 6.07) is 17.6. The van der Waals surface area contributed by atoms with Gasteiger partial charge >= 0.3 is 12.0 Å². The van der Waals surface area contributed by atoms with Crippen molar-refractivity contribution in [3.05, 3.63) is 89.5 Å². The van der Waals surface area contributed by atoms with Gasteiger partial charge in [0.25, 0.3) is 10.0 Å². The molecule has 3 rings (SSSR count). The van der Waals surface area contributed by atoms with Crippen LogP contribution in [0.5, 0.6) is 5.75 Å². The van der Waals surface area contributed by atoms with Crippen LogP contribution < -0.4 is 20.1 Å². The molecule has 33 heavy (non-hydrogen) atoms. The quantitative estimate of drug-likeness (QED) is 0.408. The Morgan fingerprint density at radius 2 is 1.58 bits per heavy atom. The molecule has 1 unspecified atom stereocenters. The normalized spacial score (nSPS) is 12.0. The van der Waals surface area contributed by atoms with Gasteiger partial charge in [0.2, 0.25) is 0 Å². The number of rotatable bonds is 7. The van der Waals surface area contributed by atoms with Crippen LogP contribution in [0.3, 0.4) is 0 Å². The maximum atomic E-state index is 13.0. The Bertz CT molecular complexity index is 1260. The molecule has 8 nitrogen and oxygen atoms in total. The van der Waals surface area contributed by atoms with Gasteiger partial charge < -0.3 is 15.8 Å². The summed E-state index contributed by atoms with van der Waals surface area (Å²) < 4.78 is 32.5. The molecule has 0 radical (unpaired) electrons. The number of urea groups is 1. The first-order chi connectivity index (χ1) is 15.6. The average molecular weight is 468 g/mol. The Morgan fingerprint density at radius 1 is 0.939 bits per heavy atom. The van der Waals surface area contributed by atoms with E-state index in [9.17, 15) is 18.0 Å². The molecular weight excluding hydrogens is 442 g/mol. The topological polar surface area (TPSA) is 119 Å². The second-order valence-electron chi connectivity index (χ2n) is 7.49. The Kier molecular flexibility index (Phi) is 7.03. The number of carbonyl (C=O) groups is 2. The number of nitrogens with zero attached hydrogens (tertiary/aromatic N) is 1. The van der Waals surface area contributed by atoms with Gasteiger partial charge in [-0.2, -0.15) is 0 Å². The number of benzene rings is 3. The molecule has 3 aromatic rings. The van der Waals surface area contributed by atoms with Gasteiger partial charge in [0.1, 0.15) is 5.75 Å². The van der Waals surface area contributed by atoms with Gasteiger partial charge in [0, 0.05) is 7.05 Å². The molecule has 0 bridgehead atoms. The van der Waals surface area contributed by atoms with Crippen molar-refractivity contribution < 1.29 is 22.7 Å². The SMILES string of the molecule is Cc1ccc(S(=O)(=O)N(C)c2ccc(OC(=O)C(NC(N)=O)c3ccccc3)cc2)cc1C. The molecule has 0 aliphatic rings. The van der Waals surface area contributed by atoms with E-state index >= 15 is 0 Å². The molecule has 1 atom stereocenters. The number of hydrogen-bond acceptors (Lipinski definition) is 5. The molecule has 0 heterocycles. The van der Waals surface area contributed by atoms with Crippen molar-refractivity contribution in [2.75, 3.05) is 11.4 Å². The van der Waals surface area contributed by atoms with Crippen LogP contribution in [0.25, 0.3) is 0 Å². The molecule has 9 heteroatoms. The third-order valence-electron chi connectivity index (χ3n) is 5.21. The lowest BCUT2D eigenvalue weighted by Crippen LogP contribution is -2.39. The summed E-state index contributed by atoms with van der Waals surface area (Å²) in [6.45, 7) is 3.77. The minimum atomic E-state index is -3.77. The Hall–Kier alpha value is -3.85. The van der Waals surface area contributed by atoms with E-state index in [-0.39, 0.29) is 10.6 Å². The maximum absolute atomic E-state index is 13.0. The largest absolute Gasteiger partial charge is 0.425 e. The first-order valence-corrected chi connectivity index (χ1v) is 11.5. The number of hydrogen-bond donors (Lipinski definition) is 2. The average Bonchev–Trinajstić information content (AvgIpc) is 2.79. The highest BCUT2D eigenvalue weighted by Crippen LogP contribution is 2.26. The van der Waals surface area contributed by atoms with E-state index in [0.29, 0.717) is 11.3 Å². The number of anilines is 1. The van der Waals surface area contributed by atoms with Crippen molar-refractivity contribution in [2.24, 2.45) is 5.73 Å². The molecule has 172 valence electrons. The minimum Gasteiger partial charge on any atom is -0.425 e. The van der Waals surface area contributed by atoms with E-state index in [2.05, 4.69) is 5.32 Å². The van der Waals surface area contributed by atoms with E-state index in [1.807, 2.05) is 13.8 Å². The molecule has 2 amide bonds. The number of amides is 2. The molecule has 0 aliphatic heterocycles. The first-order valence-electron chi connectivity index (χ1n) is 10.1. The van der Waals surface area contributed by atoms with Gasteiger partial charge in [-0.25, -0.2) is 18.0 Å². The number of ether oxygens (including phenoxy) is 1. The van der Waals surface area contributed by atoms with Crippen molar-refractivity contribution in [1.82, 2.24) is 5.32 Å². The third-order valence-corrected chi connectivity index (χ3v) is 6.99. The van der Waals surface area contributed by atoms with Gasteiger partial charge in [-0.3, -0.25) is 4.31 Å². The van der Waals surface area contributed by atoms with E-state index < -0.39 is 28.1 Å². The molecule has 3 aromatic carbocycles. The molecule has 0 saturated carbocycles. The second-order valence-corrected chi connectivity index (χ2v) is 9.46. The summed E-state index contributed by atoms with van der Waals surface area (Å²) in [7, 11) is -2.31. The molecule has 0 saturated heterocycles. The molecule has 0 aromatic heterocycles. The van der Waals surface area contributed by atoms with Gasteiger partial charge in [-0.15, -0.1) is 0 Å². The van der Waals surface area contributed by atoms with Gasteiger partial charge in [0.15, 0.2) is 6.04 Å². The smallest absolute Gasteiger partial charge is 0.338 e. The van der Waals surface area contributed by atoms with Crippen LogP contribution >= 0.6 is 0 Å². The minimum absolute atomic E-state index is 0.187. The molecule has 0 aliphatic carbocycles. The van der Waals surface area contributed by atoms with Crippen molar-refractivity contribution in [3.63, 3.8) is 0 Å².